The van der Waals surface area contributed by atoms with E-state index in [1.807, 2.05) is 38.1 Å². The van der Waals surface area contributed by atoms with Crippen LogP contribution >= 0.6 is 0 Å². The van der Waals surface area contributed by atoms with Crippen molar-refractivity contribution in [3.05, 3.63) is 48.2 Å². The van der Waals surface area contributed by atoms with Gasteiger partial charge in [-0.25, -0.2) is 4.68 Å². The van der Waals surface area contributed by atoms with Gasteiger partial charge in [0.1, 0.15) is 11.6 Å². The molecule has 0 unspecified atom stereocenters. The van der Waals surface area contributed by atoms with E-state index in [4.69, 9.17) is 4.74 Å². The van der Waals surface area contributed by atoms with Gasteiger partial charge in [0.05, 0.1) is 13.3 Å². The van der Waals surface area contributed by atoms with E-state index < -0.39 is 0 Å². The lowest BCUT2D eigenvalue weighted by Gasteiger charge is -2.10. The first-order chi connectivity index (χ1) is 10.1. The van der Waals surface area contributed by atoms with Gasteiger partial charge in [-0.1, -0.05) is 18.2 Å². The molecule has 1 aromatic carbocycles. The summed E-state index contributed by atoms with van der Waals surface area (Å²) in [5, 5.41) is 6.99. The highest BCUT2D eigenvalue weighted by Gasteiger charge is 2.07. The number of rotatable bonds is 5. The first-order valence-electron chi connectivity index (χ1n) is 6.77. The summed E-state index contributed by atoms with van der Waals surface area (Å²) in [6.07, 6.45) is 4.87. The molecular weight excluding hydrogens is 266 g/mol. The summed E-state index contributed by atoms with van der Waals surface area (Å²) >= 11 is 0. The fourth-order valence-corrected chi connectivity index (χ4v) is 1.96. The minimum absolute atomic E-state index is 0.188. The van der Waals surface area contributed by atoms with Crippen LogP contribution in [0.1, 0.15) is 25.5 Å². The molecule has 1 amide bonds. The number of hydrogen-bond donors (Lipinski definition) is 1. The smallest absolute Gasteiger partial charge is 0.249 e. The highest BCUT2D eigenvalue weighted by atomic mass is 16.5. The number of anilines is 1. The van der Waals surface area contributed by atoms with Crippen LogP contribution in [0.25, 0.3) is 6.08 Å². The normalized spacial score (nSPS) is 11.0. The number of methoxy groups -OCH3 is 1. The van der Waals surface area contributed by atoms with Gasteiger partial charge >= 0.3 is 0 Å². The largest absolute Gasteiger partial charge is 0.496 e. The molecule has 2 aromatic rings. The summed E-state index contributed by atoms with van der Waals surface area (Å²) in [7, 11) is 1.61. The van der Waals surface area contributed by atoms with Crippen molar-refractivity contribution < 1.29 is 9.53 Å². The van der Waals surface area contributed by atoms with Crippen molar-refractivity contribution >= 4 is 17.8 Å². The number of benzene rings is 1. The maximum Gasteiger partial charge on any atom is 0.249 e. The zero-order chi connectivity index (χ0) is 15.2. The van der Waals surface area contributed by atoms with Crippen molar-refractivity contribution in [3.63, 3.8) is 0 Å². The molecule has 1 heterocycles. The van der Waals surface area contributed by atoms with E-state index in [1.165, 1.54) is 6.08 Å². The third kappa shape index (κ3) is 3.72. The number of amides is 1. The molecular formula is C16H19N3O2. The van der Waals surface area contributed by atoms with Gasteiger partial charge in [-0.15, -0.1) is 0 Å². The lowest BCUT2D eigenvalue weighted by atomic mass is 10.2. The summed E-state index contributed by atoms with van der Waals surface area (Å²) in [6, 6.07) is 9.49. The molecule has 0 saturated carbocycles. The van der Waals surface area contributed by atoms with Crippen LogP contribution in [0.15, 0.2) is 42.6 Å². The predicted molar refractivity (Wildman–Crippen MR) is 83.3 cm³/mol. The molecule has 5 nitrogen and oxygen atoms in total. The summed E-state index contributed by atoms with van der Waals surface area (Å²) in [6.45, 7) is 4.01. The average molecular weight is 285 g/mol. The van der Waals surface area contributed by atoms with Crippen molar-refractivity contribution in [1.29, 1.82) is 0 Å². The predicted octanol–water partition coefficient (Wildman–Crippen LogP) is 3.12. The summed E-state index contributed by atoms with van der Waals surface area (Å²) in [5.74, 6) is 1.21. The van der Waals surface area contributed by atoms with Crippen molar-refractivity contribution in [1.82, 2.24) is 9.78 Å². The van der Waals surface area contributed by atoms with Crippen LogP contribution in [-0.2, 0) is 4.79 Å². The van der Waals surface area contributed by atoms with Gasteiger partial charge in [0.15, 0.2) is 0 Å². The maximum absolute atomic E-state index is 12.0. The number of carbonyl (C=O) groups is 1. The molecule has 0 aliphatic carbocycles. The van der Waals surface area contributed by atoms with Gasteiger partial charge in [0.25, 0.3) is 0 Å². The van der Waals surface area contributed by atoms with E-state index in [0.29, 0.717) is 5.82 Å². The third-order valence-electron chi connectivity index (χ3n) is 2.96. The topological polar surface area (TPSA) is 56.1 Å². The molecule has 0 aliphatic rings. The van der Waals surface area contributed by atoms with Crippen LogP contribution in [0, 0.1) is 0 Å². The summed E-state index contributed by atoms with van der Waals surface area (Å²) < 4.78 is 7.00. The standard InChI is InChI=1S/C16H19N3O2/c1-12(2)19-15(10-11-17-19)18-16(20)9-8-13-6-4-5-7-14(13)21-3/h4-12H,1-3H3,(H,18,20). The second kappa shape index (κ2) is 6.74. The lowest BCUT2D eigenvalue weighted by Crippen LogP contribution is -2.14. The zero-order valence-electron chi connectivity index (χ0n) is 12.4. The van der Waals surface area contributed by atoms with Crippen molar-refractivity contribution in [2.24, 2.45) is 0 Å². The van der Waals surface area contributed by atoms with E-state index in [9.17, 15) is 4.79 Å². The molecule has 0 radical (unpaired) electrons. The Hall–Kier alpha value is -2.56. The Morgan fingerprint density at radius 3 is 2.81 bits per heavy atom. The van der Waals surface area contributed by atoms with Gasteiger partial charge in [-0.2, -0.15) is 5.10 Å². The van der Waals surface area contributed by atoms with Gasteiger partial charge in [0.2, 0.25) is 5.91 Å². The molecule has 0 saturated heterocycles. The number of para-hydroxylation sites is 1. The Morgan fingerprint density at radius 2 is 2.10 bits per heavy atom. The Kier molecular flexibility index (Phi) is 4.77. The van der Waals surface area contributed by atoms with E-state index in [-0.39, 0.29) is 11.9 Å². The molecule has 2 rings (SSSR count). The second-order valence-corrected chi connectivity index (χ2v) is 4.82. The van der Waals surface area contributed by atoms with Crippen LogP contribution in [0.2, 0.25) is 0 Å². The molecule has 1 aromatic heterocycles. The van der Waals surface area contributed by atoms with E-state index >= 15 is 0 Å². The van der Waals surface area contributed by atoms with Crippen LogP contribution < -0.4 is 10.1 Å². The summed E-state index contributed by atoms with van der Waals surface area (Å²) in [5.41, 5.74) is 0.854. The first kappa shape index (κ1) is 14.8. The van der Waals surface area contributed by atoms with Crippen LogP contribution in [0.5, 0.6) is 5.75 Å². The van der Waals surface area contributed by atoms with Crippen LogP contribution in [-0.4, -0.2) is 22.8 Å². The number of nitrogens with one attached hydrogen (secondary N) is 1. The van der Waals surface area contributed by atoms with E-state index in [1.54, 1.807) is 30.1 Å². The third-order valence-corrected chi connectivity index (χ3v) is 2.96. The minimum Gasteiger partial charge on any atom is -0.496 e. The Morgan fingerprint density at radius 1 is 1.33 bits per heavy atom. The molecule has 0 aliphatic heterocycles. The maximum atomic E-state index is 12.0. The number of aromatic nitrogens is 2. The molecule has 1 N–H and O–H groups in total. The van der Waals surface area contributed by atoms with Crippen molar-refractivity contribution in [2.45, 2.75) is 19.9 Å². The molecule has 0 fully saturated rings. The van der Waals surface area contributed by atoms with Gasteiger partial charge in [0, 0.05) is 23.7 Å². The lowest BCUT2D eigenvalue weighted by molar-refractivity contribution is -0.111. The fraction of sp³-hybridized carbons (Fsp3) is 0.250. The highest BCUT2D eigenvalue weighted by Crippen LogP contribution is 2.19. The Bertz CT molecular complexity index is 644. The molecule has 21 heavy (non-hydrogen) atoms. The molecule has 0 bridgehead atoms. The van der Waals surface area contributed by atoms with E-state index in [0.717, 1.165) is 11.3 Å². The Balaban J connectivity index is 2.08. The molecule has 110 valence electrons. The van der Waals surface area contributed by atoms with Crippen LogP contribution in [0.3, 0.4) is 0 Å². The second-order valence-electron chi connectivity index (χ2n) is 4.82. The number of ether oxygens (including phenoxy) is 1. The fourth-order valence-electron chi connectivity index (χ4n) is 1.96. The Labute approximate surface area is 124 Å². The average Bonchev–Trinajstić information content (AvgIpc) is 2.93. The van der Waals surface area contributed by atoms with Crippen molar-refractivity contribution in [2.75, 3.05) is 12.4 Å². The number of carbonyl (C=O) groups excluding carboxylic acids is 1. The van der Waals surface area contributed by atoms with Gasteiger partial charge < -0.3 is 10.1 Å². The zero-order valence-corrected chi connectivity index (χ0v) is 12.4. The van der Waals surface area contributed by atoms with Gasteiger partial charge in [-0.3, -0.25) is 4.79 Å². The monoisotopic (exact) mass is 285 g/mol. The number of nitrogens with zero attached hydrogens (tertiary/aromatic N) is 2. The van der Waals surface area contributed by atoms with Crippen LogP contribution in [0.4, 0.5) is 5.82 Å². The SMILES string of the molecule is COc1ccccc1C=CC(=O)Nc1ccnn1C(C)C. The first-order valence-corrected chi connectivity index (χ1v) is 6.77. The van der Waals surface area contributed by atoms with E-state index in [2.05, 4.69) is 10.4 Å². The minimum atomic E-state index is -0.205. The quantitative estimate of drug-likeness (QED) is 0.859. The number of hydrogen-bond acceptors (Lipinski definition) is 3. The molecule has 5 heteroatoms. The van der Waals surface area contributed by atoms with Gasteiger partial charge in [-0.05, 0) is 26.0 Å². The summed E-state index contributed by atoms with van der Waals surface area (Å²) in [4.78, 5) is 12.0. The molecule has 0 atom stereocenters. The molecule has 0 spiro atoms. The van der Waals surface area contributed by atoms with Crippen molar-refractivity contribution in [3.8, 4) is 5.75 Å². The highest BCUT2D eigenvalue weighted by molar-refractivity contribution is 6.01.